The van der Waals surface area contributed by atoms with E-state index in [1.54, 1.807) is 0 Å². The molecule has 0 spiro atoms. The maximum atomic E-state index is 12.3. The summed E-state index contributed by atoms with van der Waals surface area (Å²) in [5, 5.41) is 1.21. The molecule has 1 amide bonds. The van der Waals surface area contributed by atoms with Crippen molar-refractivity contribution in [3.63, 3.8) is 0 Å². The molecule has 0 atom stereocenters. The first-order valence-electron chi connectivity index (χ1n) is 7.07. The van der Waals surface area contributed by atoms with Gasteiger partial charge in [-0.1, -0.05) is 11.6 Å². The first-order valence-corrected chi connectivity index (χ1v) is 7.07. The Kier molecular flexibility index (Phi) is 3.28. The number of carbonyl (C=O) groups is 1. The van der Waals surface area contributed by atoms with Crippen LogP contribution < -0.4 is 0 Å². The van der Waals surface area contributed by atoms with Crippen molar-refractivity contribution in [1.82, 2.24) is 9.47 Å². The van der Waals surface area contributed by atoms with Gasteiger partial charge in [-0.2, -0.15) is 0 Å². The van der Waals surface area contributed by atoms with Gasteiger partial charge in [-0.15, -0.1) is 0 Å². The van der Waals surface area contributed by atoms with Gasteiger partial charge in [0.15, 0.2) is 0 Å². The fraction of sp³-hybridized carbons (Fsp3) is 0.438. The number of piperidine rings is 1. The predicted molar refractivity (Wildman–Crippen MR) is 77.1 cm³/mol. The summed E-state index contributed by atoms with van der Waals surface area (Å²) in [5.74, 6) is 0.248. The van der Waals surface area contributed by atoms with Gasteiger partial charge in [-0.25, -0.2) is 0 Å². The molecule has 19 heavy (non-hydrogen) atoms. The largest absolute Gasteiger partial charge is 0.341 e. The van der Waals surface area contributed by atoms with E-state index in [-0.39, 0.29) is 5.91 Å². The Bertz CT molecular complexity index is 594. The highest BCUT2D eigenvalue weighted by Gasteiger charge is 2.17. The zero-order valence-corrected chi connectivity index (χ0v) is 11.4. The lowest BCUT2D eigenvalue weighted by atomic mass is 10.1. The van der Waals surface area contributed by atoms with E-state index in [9.17, 15) is 4.79 Å². The van der Waals surface area contributed by atoms with Crippen LogP contribution in [0.3, 0.4) is 0 Å². The maximum Gasteiger partial charge on any atom is 0.242 e. The van der Waals surface area contributed by atoms with Crippen LogP contribution in [-0.4, -0.2) is 28.5 Å². The minimum atomic E-state index is 0.248. The second-order valence-electron chi connectivity index (χ2n) is 5.45. The molecule has 1 aliphatic rings. The van der Waals surface area contributed by atoms with Crippen LogP contribution in [0.25, 0.3) is 10.9 Å². The van der Waals surface area contributed by atoms with Gasteiger partial charge in [-0.3, -0.25) is 4.79 Å². The monoisotopic (exact) mass is 256 g/mol. The summed E-state index contributed by atoms with van der Waals surface area (Å²) in [7, 11) is 0. The molecule has 1 fully saturated rings. The van der Waals surface area contributed by atoms with Crippen molar-refractivity contribution in [2.45, 2.75) is 32.7 Å². The summed E-state index contributed by atoms with van der Waals surface area (Å²) in [6, 6.07) is 8.46. The van der Waals surface area contributed by atoms with Crippen molar-refractivity contribution in [3.05, 3.63) is 36.0 Å². The Balaban J connectivity index is 1.79. The number of benzene rings is 1. The number of fused-ring (bicyclic) bond motifs is 1. The minimum absolute atomic E-state index is 0.248. The van der Waals surface area contributed by atoms with Crippen molar-refractivity contribution < 1.29 is 4.79 Å². The summed E-state index contributed by atoms with van der Waals surface area (Å²) >= 11 is 0. The highest BCUT2D eigenvalue weighted by atomic mass is 16.2. The lowest BCUT2D eigenvalue weighted by molar-refractivity contribution is -0.132. The number of amides is 1. The van der Waals surface area contributed by atoms with Crippen LogP contribution in [0, 0.1) is 6.92 Å². The molecule has 2 aromatic rings. The van der Waals surface area contributed by atoms with E-state index in [4.69, 9.17) is 0 Å². The fourth-order valence-electron chi connectivity index (χ4n) is 2.85. The van der Waals surface area contributed by atoms with Crippen LogP contribution in [0.5, 0.6) is 0 Å². The maximum absolute atomic E-state index is 12.3. The normalized spacial score (nSPS) is 15.9. The van der Waals surface area contributed by atoms with Gasteiger partial charge >= 0.3 is 0 Å². The predicted octanol–water partition coefficient (Wildman–Crippen LogP) is 2.96. The lowest BCUT2D eigenvalue weighted by Crippen LogP contribution is -2.37. The molecule has 0 radical (unpaired) electrons. The van der Waals surface area contributed by atoms with E-state index in [1.807, 2.05) is 11.1 Å². The van der Waals surface area contributed by atoms with E-state index in [1.165, 1.54) is 17.4 Å². The summed E-state index contributed by atoms with van der Waals surface area (Å²) in [6.07, 6.45) is 5.58. The van der Waals surface area contributed by atoms with Gasteiger partial charge in [-0.05, 0) is 49.8 Å². The molecule has 1 saturated heterocycles. The Morgan fingerprint density at radius 2 is 1.95 bits per heavy atom. The molecule has 0 bridgehead atoms. The van der Waals surface area contributed by atoms with Crippen LogP contribution in [0.15, 0.2) is 30.5 Å². The third-order valence-electron chi connectivity index (χ3n) is 3.94. The zero-order valence-electron chi connectivity index (χ0n) is 11.4. The Morgan fingerprint density at radius 3 is 2.74 bits per heavy atom. The topological polar surface area (TPSA) is 25.2 Å². The Labute approximate surface area is 113 Å². The first kappa shape index (κ1) is 12.3. The molecule has 0 unspecified atom stereocenters. The molecule has 1 aliphatic heterocycles. The first-order chi connectivity index (χ1) is 9.24. The SMILES string of the molecule is Cc1ccc2c(ccn2CC(=O)N2CCCCC2)c1. The summed E-state index contributed by atoms with van der Waals surface area (Å²) in [4.78, 5) is 14.3. The zero-order chi connectivity index (χ0) is 13.2. The van der Waals surface area contributed by atoms with E-state index < -0.39 is 0 Å². The fourth-order valence-corrected chi connectivity index (χ4v) is 2.85. The molecule has 1 aromatic heterocycles. The van der Waals surface area contributed by atoms with Crippen LogP contribution in [0.2, 0.25) is 0 Å². The standard InChI is InChI=1S/C16H20N2O/c1-13-5-6-15-14(11-13)7-10-18(15)12-16(19)17-8-3-2-4-9-17/h5-7,10-11H,2-4,8-9,12H2,1H3. The molecule has 100 valence electrons. The van der Waals surface area contributed by atoms with Crippen molar-refractivity contribution in [2.75, 3.05) is 13.1 Å². The molecule has 2 heterocycles. The lowest BCUT2D eigenvalue weighted by Gasteiger charge is -2.27. The molecule has 0 saturated carbocycles. The Morgan fingerprint density at radius 1 is 1.16 bits per heavy atom. The van der Waals surface area contributed by atoms with E-state index in [2.05, 4.69) is 35.8 Å². The molecular weight excluding hydrogens is 236 g/mol. The highest BCUT2D eigenvalue weighted by molar-refractivity contribution is 5.83. The number of aryl methyl sites for hydroxylation is 1. The van der Waals surface area contributed by atoms with Crippen LogP contribution in [0.1, 0.15) is 24.8 Å². The number of hydrogen-bond donors (Lipinski definition) is 0. The molecule has 0 aliphatic carbocycles. The Hall–Kier alpha value is -1.77. The number of hydrogen-bond acceptors (Lipinski definition) is 1. The molecule has 3 rings (SSSR count). The van der Waals surface area contributed by atoms with Gasteiger partial charge in [0, 0.05) is 24.8 Å². The third kappa shape index (κ3) is 2.50. The number of rotatable bonds is 2. The van der Waals surface area contributed by atoms with Crippen molar-refractivity contribution >= 4 is 16.8 Å². The second-order valence-corrected chi connectivity index (χ2v) is 5.45. The number of nitrogens with zero attached hydrogens (tertiary/aromatic N) is 2. The van der Waals surface area contributed by atoms with Gasteiger partial charge in [0.05, 0.1) is 0 Å². The van der Waals surface area contributed by atoms with Crippen LogP contribution in [-0.2, 0) is 11.3 Å². The van der Waals surface area contributed by atoms with E-state index >= 15 is 0 Å². The quantitative estimate of drug-likeness (QED) is 0.811. The van der Waals surface area contributed by atoms with Crippen molar-refractivity contribution in [1.29, 1.82) is 0 Å². The van der Waals surface area contributed by atoms with Gasteiger partial charge in [0.1, 0.15) is 6.54 Å². The summed E-state index contributed by atoms with van der Waals surface area (Å²) in [6.45, 7) is 4.41. The number of aromatic nitrogens is 1. The average molecular weight is 256 g/mol. The molecular formula is C16H20N2O. The van der Waals surface area contributed by atoms with Crippen molar-refractivity contribution in [2.24, 2.45) is 0 Å². The molecule has 3 nitrogen and oxygen atoms in total. The van der Waals surface area contributed by atoms with Crippen LogP contribution >= 0.6 is 0 Å². The number of carbonyl (C=O) groups excluding carboxylic acids is 1. The van der Waals surface area contributed by atoms with Gasteiger partial charge in [0.2, 0.25) is 5.91 Å². The smallest absolute Gasteiger partial charge is 0.242 e. The van der Waals surface area contributed by atoms with E-state index in [0.717, 1.165) is 31.4 Å². The molecule has 0 N–H and O–H groups in total. The van der Waals surface area contributed by atoms with Crippen LogP contribution in [0.4, 0.5) is 0 Å². The van der Waals surface area contributed by atoms with Gasteiger partial charge < -0.3 is 9.47 Å². The molecule has 3 heteroatoms. The highest BCUT2D eigenvalue weighted by Crippen LogP contribution is 2.18. The van der Waals surface area contributed by atoms with E-state index in [0.29, 0.717) is 6.54 Å². The second kappa shape index (κ2) is 5.08. The van der Waals surface area contributed by atoms with Gasteiger partial charge in [0.25, 0.3) is 0 Å². The summed E-state index contributed by atoms with van der Waals surface area (Å²) in [5.41, 5.74) is 2.41. The minimum Gasteiger partial charge on any atom is -0.341 e. The molecule has 1 aromatic carbocycles. The number of likely N-dealkylation sites (tertiary alicyclic amines) is 1. The summed E-state index contributed by atoms with van der Waals surface area (Å²) < 4.78 is 2.06. The van der Waals surface area contributed by atoms with Crippen molar-refractivity contribution in [3.8, 4) is 0 Å². The average Bonchev–Trinajstić information content (AvgIpc) is 2.82. The third-order valence-corrected chi connectivity index (χ3v) is 3.94.